The number of ether oxygens (including phenoxy) is 2. The van der Waals surface area contributed by atoms with E-state index in [4.69, 9.17) is 30.5 Å². The van der Waals surface area contributed by atoms with E-state index in [0.29, 0.717) is 56.8 Å². The molecule has 0 aliphatic carbocycles. The standard InChI is InChI=1S/C31H21ClIN3O4/c1-38-27-15-19(14-24(33)29(27)39-18-21-9-2-5-11-23(21)32)17-34-36-30(28-16-20-8-3-7-13-26(20)40-28)35-25-12-6-4-10-22(25)31(36)37/h2-17H,18H2,1H3. The molecule has 4 aromatic carbocycles. The summed E-state index contributed by atoms with van der Waals surface area (Å²) in [4.78, 5) is 18.3. The minimum atomic E-state index is -0.307. The lowest BCUT2D eigenvalue weighted by Crippen LogP contribution is -2.20. The molecule has 0 N–H and O–H groups in total. The van der Waals surface area contributed by atoms with Crippen LogP contribution < -0.4 is 15.0 Å². The largest absolute Gasteiger partial charge is 0.493 e. The maximum absolute atomic E-state index is 13.6. The number of para-hydroxylation sites is 2. The Kier molecular flexibility index (Phi) is 7.27. The summed E-state index contributed by atoms with van der Waals surface area (Å²) in [5, 5.41) is 6.56. The van der Waals surface area contributed by atoms with Crippen molar-refractivity contribution in [1.82, 2.24) is 9.66 Å². The average Bonchev–Trinajstić information content (AvgIpc) is 3.41. The Morgan fingerprint density at radius 1 is 1.02 bits per heavy atom. The zero-order chi connectivity index (χ0) is 27.6. The van der Waals surface area contributed by atoms with Gasteiger partial charge in [-0.25, -0.2) is 4.98 Å². The Morgan fingerprint density at radius 3 is 2.62 bits per heavy atom. The quantitative estimate of drug-likeness (QED) is 0.131. The van der Waals surface area contributed by atoms with Gasteiger partial charge in [-0.3, -0.25) is 4.79 Å². The third-order valence-electron chi connectivity index (χ3n) is 6.30. The summed E-state index contributed by atoms with van der Waals surface area (Å²) in [6.45, 7) is 0.290. The molecule has 0 unspecified atom stereocenters. The van der Waals surface area contributed by atoms with Crippen LogP contribution in [0.1, 0.15) is 11.1 Å². The van der Waals surface area contributed by atoms with E-state index in [1.807, 2.05) is 66.7 Å². The van der Waals surface area contributed by atoms with Crippen molar-refractivity contribution in [2.24, 2.45) is 5.10 Å². The first kappa shape index (κ1) is 26.1. The number of nitrogens with zero attached hydrogens (tertiary/aromatic N) is 3. The van der Waals surface area contributed by atoms with Gasteiger partial charge in [0.1, 0.15) is 12.2 Å². The van der Waals surface area contributed by atoms with E-state index >= 15 is 0 Å². The van der Waals surface area contributed by atoms with Gasteiger partial charge in [-0.2, -0.15) is 9.78 Å². The highest BCUT2D eigenvalue weighted by atomic mass is 127. The average molecular weight is 662 g/mol. The van der Waals surface area contributed by atoms with Gasteiger partial charge in [0.25, 0.3) is 5.56 Å². The minimum Gasteiger partial charge on any atom is -0.493 e. The van der Waals surface area contributed by atoms with Crippen molar-refractivity contribution in [2.75, 3.05) is 7.11 Å². The number of rotatable bonds is 7. The molecular weight excluding hydrogens is 641 g/mol. The number of benzene rings is 4. The van der Waals surface area contributed by atoms with E-state index in [1.165, 1.54) is 4.68 Å². The second-order valence-electron chi connectivity index (χ2n) is 8.88. The second kappa shape index (κ2) is 11.1. The first-order valence-electron chi connectivity index (χ1n) is 12.3. The molecule has 0 atom stereocenters. The molecule has 0 saturated heterocycles. The van der Waals surface area contributed by atoms with Crippen molar-refractivity contribution in [1.29, 1.82) is 0 Å². The molecule has 6 rings (SSSR count). The second-order valence-corrected chi connectivity index (χ2v) is 10.4. The summed E-state index contributed by atoms with van der Waals surface area (Å²) in [6, 6.07) is 27.9. The summed E-state index contributed by atoms with van der Waals surface area (Å²) in [7, 11) is 1.58. The molecule has 6 aromatic rings. The zero-order valence-electron chi connectivity index (χ0n) is 21.2. The molecule has 0 fully saturated rings. The zero-order valence-corrected chi connectivity index (χ0v) is 24.1. The third kappa shape index (κ3) is 5.07. The van der Waals surface area contributed by atoms with Gasteiger partial charge in [-0.15, -0.1) is 0 Å². The fourth-order valence-corrected chi connectivity index (χ4v) is 5.30. The summed E-state index contributed by atoms with van der Waals surface area (Å²) in [5.74, 6) is 1.86. The van der Waals surface area contributed by atoms with Crippen LogP contribution >= 0.6 is 34.2 Å². The molecule has 0 bridgehead atoms. The van der Waals surface area contributed by atoms with Crippen molar-refractivity contribution >= 4 is 62.3 Å². The lowest BCUT2D eigenvalue weighted by Gasteiger charge is -2.14. The van der Waals surface area contributed by atoms with Gasteiger partial charge in [-0.05, 0) is 70.6 Å². The van der Waals surface area contributed by atoms with Crippen LogP contribution in [0.5, 0.6) is 11.5 Å². The van der Waals surface area contributed by atoms with Gasteiger partial charge in [0.15, 0.2) is 17.3 Å². The van der Waals surface area contributed by atoms with E-state index in [2.05, 4.69) is 27.7 Å². The van der Waals surface area contributed by atoms with Crippen LogP contribution in [0.3, 0.4) is 0 Å². The van der Waals surface area contributed by atoms with Crippen molar-refractivity contribution in [3.8, 4) is 23.1 Å². The minimum absolute atomic E-state index is 0.290. The molecular formula is C31H21ClIN3O4. The number of furan rings is 1. The lowest BCUT2D eigenvalue weighted by atomic mass is 10.2. The summed E-state index contributed by atoms with van der Waals surface area (Å²) in [6.07, 6.45) is 1.59. The molecule has 0 radical (unpaired) electrons. The molecule has 2 heterocycles. The predicted molar refractivity (Wildman–Crippen MR) is 166 cm³/mol. The highest BCUT2D eigenvalue weighted by Crippen LogP contribution is 2.35. The van der Waals surface area contributed by atoms with E-state index in [9.17, 15) is 4.79 Å². The van der Waals surface area contributed by atoms with Crippen LogP contribution in [0.25, 0.3) is 33.5 Å². The molecule has 9 heteroatoms. The van der Waals surface area contributed by atoms with E-state index in [1.54, 1.807) is 37.6 Å². The molecule has 2 aromatic heterocycles. The Hall–Kier alpha value is -4.15. The normalized spacial score (nSPS) is 11.5. The Morgan fingerprint density at radius 2 is 1.80 bits per heavy atom. The van der Waals surface area contributed by atoms with Gasteiger partial charge in [0, 0.05) is 16.0 Å². The number of halogens is 2. The molecule has 198 valence electrons. The van der Waals surface area contributed by atoms with E-state index in [0.717, 1.165) is 14.5 Å². The van der Waals surface area contributed by atoms with Gasteiger partial charge >= 0.3 is 0 Å². The number of aromatic nitrogens is 2. The summed E-state index contributed by atoms with van der Waals surface area (Å²) < 4.78 is 19.8. The fourth-order valence-electron chi connectivity index (χ4n) is 4.33. The van der Waals surface area contributed by atoms with Crippen LogP contribution in [0.2, 0.25) is 5.02 Å². The molecule has 0 spiro atoms. The van der Waals surface area contributed by atoms with Crippen molar-refractivity contribution in [2.45, 2.75) is 6.61 Å². The summed E-state index contributed by atoms with van der Waals surface area (Å²) >= 11 is 8.47. The maximum atomic E-state index is 13.6. The van der Waals surface area contributed by atoms with Crippen LogP contribution in [0.4, 0.5) is 0 Å². The Bertz CT molecular complexity index is 1930. The van der Waals surface area contributed by atoms with Crippen molar-refractivity contribution in [3.05, 3.63) is 121 Å². The SMILES string of the molecule is COc1cc(C=Nn2c(-c3cc4ccccc4o3)nc3ccccc3c2=O)cc(I)c1OCc1ccccc1Cl. The van der Waals surface area contributed by atoms with Gasteiger partial charge in [0.05, 0.1) is 27.8 Å². The van der Waals surface area contributed by atoms with Crippen LogP contribution in [-0.4, -0.2) is 23.0 Å². The third-order valence-corrected chi connectivity index (χ3v) is 7.47. The lowest BCUT2D eigenvalue weighted by molar-refractivity contribution is 0.282. The predicted octanol–water partition coefficient (Wildman–Crippen LogP) is 7.54. The monoisotopic (exact) mass is 661 g/mol. The molecule has 0 aliphatic heterocycles. The maximum Gasteiger partial charge on any atom is 0.282 e. The number of fused-ring (bicyclic) bond motifs is 2. The molecule has 0 aliphatic rings. The van der Waals surface area contributed by atoms with Crippen LogP contribution in [-0.2, 0) is 6.61 Å². The van der Waals surface area contributed by atoms with Gasteiger partial charge < -0.3 is 13.9 Å². The van der Waals surface area contributed by atoms with Crippen molar-refractivity contribution < 1.29 is 13.9 Å². The van der Waals surface area contributed by atoms with E-state index in [-0.39, 0.29) is 5.56 Å². The first-order valence-corrected chi connectivity index (χ1v) is 13.8. The van der Waals surface area contributed by atoms with Crippen molar-refractivity contribution in [3.63, 3.8) is 0 Å². The highest BCUT2D eigenvalue weighted by Gasteiger charge is 2.17. The number of hydrogen-bond donors (Lipinski definition) is 0. The van der Waals surface area contributed by atoms with E-state index < -0.39 is 0 Å². The highest BCUT2D eigenvalue weighted by molar-refractivity contribution is 14.1. The molecule has 0 saturated carbocycles. The Labute approximate surface area is 247 Å². The first-order chi connectivity index (χ1) is 19.5. The molecule has 7 nitrogen and oxygen atoms in total. The van der Waals surface area contributed by atoms with Crippen LogP contribution in [0.15, 0.2) is 105 Å². The number of methoxy groups -OCH3 is 1. The van der Waals surface area contributed by atoms with Gasteiger partial charge in [-0.1, -0.05) is 60.1 Å². The molecule has 40 heavy (non-hydrogen) atoms. The Balaban J connectivity index is 1.40. The summed E-state index contributed by atoms with van der Waals surface area (Å²) in [5.41, 5.74) is 2.53. The van der Waals surface area contributed by atoms with Crippen LogP contribution in [0, 0.1) is 3.57 Å². The smallest absolute Gasteiger partial charge is 0.282 e. The van der Waals surface area contributed by atoms with Gasteiger partial charge in [0.2, 0.25) is 5.82 Å². The topological polar surface area (TPSA) is 78.9 Å². The number of hydrogen-bond acceptors (Lipinski definition) is 6. The molecule has 0 amide bonds. The fraction of sp³-hybridized carbons (Fsp3) is 0.0645.